The summed E-state index contributed by atoms with van der Waals surface area (Å²) in [4.78, 5) is 16.4. The Morgan fingerprint density at radius 2 is 2.47 bits per heavy atom. The van der Waals surface area contributed by atoms with E-state index in [1.54, 1.807) is 27.2 Å². The second-order valence-electron chi connectivity index (χ2n) is 3.42. The molecule has 0 saturated carbocycles. The Morgan fingerprint density at radius 3 is 3.27 bits per heavy atom. The van der Waals surface area contributed by atoms with Crippen molar-refractivity contribution in [2.45, 2.75) is 25.2 Å². The topological polar surface area (TPSA) is 52.7 Å². The van der Waals surface area contributed by atoms with Crippen LogP contribution in [-0.2, 0) is 13.1 Å². The molecule has 0 aliphatic carbocycles. The van der Waals surface area contributed by atoms with Gasteiger partial charge >= 0.3 is 0 Å². The zero-order valence-electron chi connectivity index (χ0n) is 8.30. The Labute approximate surface area is 90.1 Å². The van der Waals surface area contributed by atoms with Crippen molar-refractivity contribution in [1.29, 1.82) is 0 Å². The molecule has 6 heteroatoms. The number of aromatic nitrogens is 4. The highest BCUT2D eigenvalue weighted by Gasteiger charge is 2.18. The molecule has 0 unspecified atom stereocenters. The Balaban J connectivity index is 2.38. The summed E-state index contributed by atoms with van der Waals surface area (Å²) in [6.07, 6.45) is 1.78. The Kier molecular flexibility index (Phi) is 1.85. The van der Waals surface area contributed by atoms with Gasteiger partial charge in [0.05, 0.1) is 0 Å². The Bertz CT molecular complexity index is 586. The van der Waals surface area contributed by atoms with Crippen LogP contribution in [0.5, 0.6) is 0 Å². The standard InChI is InChI=1S/C9H10N4OS/c1-2-12-5-6-7(11-12)10-9-13(8(6)14)3-4-15-9/h5H,2-4H2,1H3. The number of hydrogen-bond donors (Lipinski definition) is 0. The van der Waals surface area contributed by atoms with Crippen molar-refractivity contribution in [3.63, 3.8) is 0 Å². The molecular weight excluding hydrogens is 212 g/mol. The van der Waals surface area contributed by atoms with Gasteiger partial charge in [0.25, 0.3) is 5.56 Å². The van der Waals surface area contributed by atoms with Gasteiger partial charge in [0, 0.05) is 25.0 Å². The molecule has 0 aromatic carbocycles. The second kappa shape index (κ2) is 3.10. The molecule has 0 bridgehead atoms. The van der Waals surface area contributed by atoms with Gasteiger partial charge in [-0.25, -0.2) is 4.98 Å². The van der Waals surface area contributed by atoms with E-state index in [0.29, 0.717) is 11.0 Å². The van der Waals surface area contributed by atoms with Crippen LogP contribution < -0.4 is 5.56 Å². The van der Waals surface area contributed by atoms with Crippen LogP contribution in [0, 0.1) is 0 Å². The van der Waals surface area contributed by atoms with Crippen LogP contribution in [-0.4, -0.2) is 25.1 Å². The first-order valence-electron chi connectivity index (χ1n) is 4.90. The zero-order chi connectivity index (χ0) is 10.4. The molecule has 3 heterocycles. The fourth-order valence-corrected chi connectivity index (χ4v) is 2.66. The van der Waals surface area contributed by atoms with Crippen molar-refractivity contribution in [2.24, 2.45) is 0 Å². The van der Waals surface area contributed by atoms with E-state index >= 15 is 0 Å². The van der Waals surface area contributed by atoms with E-state index in [4.69, 9.17) is 0 Å². The molecule has 15 heavy (non-hydrogen) atoms. The minimum atomic E-state index is 0.0414. The van der Waals surface area contributed by atoms with Crippen molar-refractivity contribution in [2.75, 3.05) is 5.75 Å². The van der Waals surface area contributed by atoms with Crippen LogP contribution >= 0.6 is 11.8 Å². The molecule has 3 rings (SSSR count). The van der Waals surface area contributed by atoms with Crippen molar-refractivity contribution < 1.29 is 0 Å². The maximum atomic E-state index is 12.0. The van der Waals surface area contributed by atoms with Crippen LogP contribution in [0.15, 0.2) is 16.1 Å². The van der Waals surface area contributed by atoms with E-state index in [1.165, 1.54) is 0 Å². The first kappa shape index (κ1) is 8.96. The number of rotatable bonds is 1. The molecule has 0 saturated heterocycles. The lowest BCUT2D eigenvalue weighted by Crippen LogP contribution is -2.19. The average Bonchev–Trinajstić information content (AvgIpc) is 2.83. The van der Waals surface area contributed by atoms with Gasteiger partial charge < -0.3 is 0 Å². The molecule has 0 N–H and O–H groups in total. The van der Waals surface area contributed by atoms with E-state index < -0.39 is 0 Å². The van der Waals surface area contributed by atoms with Crippen LogP contribution in [0.2, 0.25) is 0 Å². The predicted octanol–water partition coefficient (Wildman–Crippen LogP) is 0.719. The maximum Gasteiger partial charge on any atom is 0.265 e. The molecule has 2 aromatic rings. The molecule has 5 nitrogen and oxygen atoms in total. The van der Waals surface area contributed by atoms with Gasteiger partial charge in [0.2, 0.25) is 0 Å². The molecule has 1 aliphatic heterocycles. The SMILES string of the molecule is CCn1cc2c(=O)n3c(nc2n1)SCC3. The second-order valence-corrected chi connectivity index (χ2v) is 4.48. The smallest absolute Gasteiger partial charge is 0.265 e. The van der Waals surface area contributed by atoms with E-state index in [9.17, 15) is 4.79 Å². The van der Waals surface area contributed by atoms with Crippen molar-refractivity contribution in [3.05, 3.63) is 16.6 Å². The van der Waals surface area contributed by atoms with E-state index in [0.717, 1.165) is 24.0 Å². The largest absolute Gasteiger partial charge is 0.286 e. The summed E-state index contributed by atoms with van der Waals surface area (Å²) >= 11 is 1.62. The van der Waals surface area contributed by atoms with Gasteiger partial charge in [0.1, 0.15) is 5.39 Å². The summed E-state index contributed by atoms with van der Waals surface area (Å²) in [5.41, 5.74) is 0.613. The van der Waals surface area contributed by atoms with Gasteiger partial charge in [-0.05, 0) is 6.92 Å². The summed E-state index contributed by atoms with van der Waals surface area (Å²) in [7, 11) is 0. The van der Waals surface area contributed by atoms with E-state index in [2.05, 4.69) is 10.1 Å². The van der Waals surface area contributed by atoms with Crippen molar-refractivity contribution in [1.82, 2.24) is 19.3 Å². The minimum Gasteiger partial charge on any atom is -0.286 e. The summed E-state index contributed by atoms with van der Waals surface area (Å²) in [6, 6.07) is 0. The Morgan fingerprint density at radius 1 is 1.60 bits per heavy atom. The van der Waals surface area contributed by atoms with Crippen LogP contribution in [0.3, 0.4) is 0 Å². The van der Waals surface area contributed by atoms with Gasteiger partial charge in [0.15, 0.2) is 10.8 Å². The van der Waals surface area contributed by atoms with Crippen LogP contribution in [0.4, 0.5) is 0 Å². The normalized spacial score (nSPS) is 14.7. The lowest BCUT2D eigenvalue weighted by Gasteiger charge is -1.98. The molecule has 2 aromatic heterocycles. The van der Waals surface area contributed by atoms with E-state index in [-0.39, 0.29) is 5.56 Å². The van der Waals surface area contributed by atoms with Crippen molar-refractivity contribution in [3.8, 4) is 0 Å². The first-order chi connectivity index (χ1) is 7.29. The summed E-state index contributed by atoms with van der Waals surface area (Å²) in [5, 5.41) is 5.68. The summed E-state index contributed by atoms with van der Waals surface area (Å²) in [6.45, 7) is 3.52. The van der Waals surface area contributed by atoms with Gasteiger partial charge in [-0.2, -0.15) is 5.10 Å². The van der Waals surface area contributed by atoms with Gasteiger partial charge in [-0.3, -0.25) is 14.0 Å². The maximum absolute atomic E-state index is 12.0. The lowest BCUT2D eigenvalue weighted by molar-refractivity contribution is 0.657. The highest BCUT2D eigenvalue weighted by Crippen LogP contribution is 2.22. The quantitative estimate of drug-likeness (QED) is 0.667. The third kappa shape index (κ3) is 1.21. The summed E-state index contributed by atoms with van der Waals surface area (Å²) < 4.78 is 3.48. The molecule has 0 atom stereocenters. The first-order valence-corrected chi connectivity index (χ1v) is 5.89. The van der Waals surface area contributed by atoms with Crippen LogP contribution in [0.1, 0.15) is 6.92 Å². The van der Waals surface area contributed by atoms with Gasteiger partial charge in [-0.15, -0.1) is 0 Å². The highest BCUT2D eigenvalue weighted by molar-refractivity contribution is 7.99. The Hall–Kier alpha value is -1.30. The average molecular weight is 222 g/mol. The molecule has 0 fully saturated rings. The monoisotopic (exact) mass is 222 g/mol. The number of fused-ring (bicyclic) bond motifs is 2. The molecule has 0 radical (unpaired) electrons. The fourth-order valence-electron chi connectivity index (χ4n) is 1.73. The minimum absolute atomic E-state index is 0.0414. The predicted molar refractivity (Wildman–Crippen MR) is 58.2 cm³/mol. The number of thioether (sulfide) groups is 1. The van der Waals surface area contributed by atoms with Crippen molar-refractivity contribution >= 4 is 22.8 Å². The molecule has 0 amide bonds. The summed E-state index contributed by atoms with van der Waals surface area (Å²) in [5.74, 6) is 0.933. The lowest BCUT2D eigenvalue weighted by atomic mass is 10.4. The zero-order valence-corrected chi connectivity index (χ0v) is 9.12. The number of nitrogens with zero attached hydrogens (tertiary/aromatic N) is 4. The fraction of sp³-hybridized carbons (Fsp3) is 0.444. The number of aryl methyl sites for hydroxylation is 1. The molecule has 78 valence electrons. The molecule has 0 spiro atoms. The third-order valence-corrected chi connectivity index (χ3v) is 3.48. The molecular formula is C9H10N4OS. The van der Waals surface area contributed by atoms with Gasteiger partial charge in [-0.1, -0.05) is 11.8 Å². The van der Waals surface area contributed by atoms with Crippen LogP contribution in [0.25, 0.3) is 11.0 Å². The molecule has 1 aliphatic rings. The third-order valence-electron chi connectivity index (χ3n) is 2.52. The van der Waals surface area contributed by atoms with E-state index in [1.807, 2.05) is 6.92 Å². The number of hydrogen-bond acceptors (Lipinski definition) is 4. The highest BCUT2D eigenvalue weighted by atomic mass is 32.2.